The molecule has 1 unspecified atom stereocenters. The molecule has 0 aliphatic rings. The van der Waals surface area contributed by atoms with E-state index in [9.17, 15) is 9.00 Å². The van der Waals surface area contributed by atoms with Gasteiger partial charge in [-0.3, -0.25) is 4.79 Å². The number of benzene rings is 2. The summed E-state index contributed by atoms with van der Waals surface area (Å²) in [5.74, 6) is -0.126. The Morgan fingerprint density at radius 1 is 1.05 bits per heavy atom. The van der Waals surface area contributed by atoms with E-state index in [4.69, 9.17) is 4.55 Å². The Bertz CT molecular complexity index is 596. The quantitative estimate of drug-likeness (QED) is 0.876. The summed E-state index contributed by atoms with van der Waals surface area (Å²) in [4.78, 5) is 14.0. The summed E-state index contributed by atoms with van der Waals surface area (Å²) in [6, 6.07) is 15.3. The molecule has 1 atom stereocenters. The minimum Gasteiger partial charge on any atom is -0.311 e. The molecular weight excluding hydrogens is 262 g/mol. The van der Waals surface area contributed by atoms with Gasteiger partial charge < -0.3 is 9.45 Å². The number of carbonyl (C=O) groups is 1. The van der Waals surface area contributed by atoms with E-state index in [1.807, 2.05) is 6.07 Å². The third-order valence-corrected chi connectivity index (χ3v) is 3.43. The van der Waals surface area contributed by atoms with Crippen LogP contribution in [0.15, 0.2) is 59.5 Å². The Morgan fingerprint density at radius 2 is 1.63 bits per heavy atom. The van der Waals surface area contributed by atoms with Crippen LogP contribution in [0.2, 0.25) is 0 Å². The van der Waals surface area contributed by atoms with E-state index in [0.29, 0.717) is 16.1 Å². The van der Waals surface area contributed by atoms with Gasteiger partial charge in [-0.25, -0.2) is 4.21 Å². The van der Waals surface area contributed by atoms with Crippen LogP contribution < -0.4 is 4.90 Å². The maximum absolute atomic E-state index is 12.2. The van der Waals surface area contributed by atoms with Gasteiger partial charge in [-0.2, -0.15) is 0 Å². The van der Waals surface area contributed by atoms with Crippen molar-refractivity contribution in [2.75, 3.05) is 11.9 Å². The topological polar surface area (TPSA) is 57.6 Å². The maximum atomic E-state index is 12.2. The zero-order valence-corrected chi connectivity index (χ0v) is 11.1. The number of nitrogens with zero attached hydrogens (tertiary/aromatic N) is 1. The number of rotatable bonds is 3. The van der Waals surface area contributed by atoms with Crippen molar-refractivity contribution in [2.24, 2.45) is 0 Å². The first-order chi connectivity index (χ1) is 9.09. The Morgan fingerprint density at radius 3 is 2.16 bits per heavy atom. The fourth-order valence-electron chi connectivity index (χ4n) is 1.68. The third kappa shape index (κ3) is 3.07. The van der Waals surface area contributed by atoms with Crippen LogP contribution in [0.3, 0.4) is 0 Å². The molecule has 0 aliphatic carbocycles. The Labute approximate surface area is 114 Å². The van der Waals surface area contributed by atoms with Crippen LogP contribution in [0.4, 0.5) is 5.69 Å². The Balaban J connectivity index is 2.22. The molecule has 0 aliphatic heterocycles. The van der Waals surface area contributed by atoms with Crippen LogP contribution in [0.25, 0.3) is 0 Å². The van der Waals surface area contributed by atoms with Crippen molar-refractivity contribution in [1.82, 2.24) is 0 Å². The molecular formula is C14H13NO3S. The highest BCUT2D eigenvalue weighted by Crippen LogP contribution is 2.17. The number of amides is 1. The molecule has 1 amide bonds. The molecule has 2 aromatic carbocycles. The van der Waals surface area contributed by atoms with Crippen LogP contribution in [-0.4, -0.2) is 21.7 Å². The molecule has 0 spiro atoms. The van der Waals surface area contributed by atoms with Gasteiger partial charge in [-0.15, -0.1) is 0 Å². The molecule has 2 rings (SSSR count). The lowest BCUT2D eigenvalue weighted by Crippen LogP contribution is -2.26. The van der Waals surface area contributed by atoms with E-state index in [2.05, 4.69) is 0 Å². The molecule has 0 bridgehead atoms. The normalized spacial score (nSPS) is 11.9. The smallest absolute Gasteiger partial charge is 0.258 e. The average molecular weight is 275 g/mol. The molecule has 1 N–H and O–H groups in total. The summed E-state index contributed by atoms with van der Waals surface area (Å²) in [6.07, 6.45) is 0. The Hall–Kier alpha value is -1.98. The van der Waals surface area contributed by atoms with E-state index in [1.165, 1.54) is 17.0 Å². The lowest BCUT2D eigenvalue weighted by atomic mass is 10.2. The SMILES string of the molecule is CN(C(=O)c1ccccc1)c1ccc(S(=O)O)cc1. The van der Waals surface area contributed by atoms with Gasteiger partial charge in [-0.1, -0.05) is 18.2 Å². The van der Waals surface area contributed by atoms with Gasteiger partial charge in [0.15, 0.2) is 11.1 Å². The summed E-state index contributed by atoms with van der Waals surface area (Å²) >= 11 is -2.00. The van der Waals surface area contributed by atoms with Crippen molar-refractivity contribution in [3.8, 4) is 0 Å². The molecule has 0 saturated carbocycles. The third-order valence-electron chi connectivity index (χ3n) is 2.75. The standard InChI is InChI=1S/C14H13NO3S/c1-15(14(16)11-5-3-2-4-6-11)12-7-9-13(10-8-12)19(17)18/h2-10H,1H3,(H,17,18). The van der Waals surface area contributed by atoms with Gasteiger partial charge >= 0.3 is 0 Å². The highest BCUT2D eigenvalue weighted by atomic mass is 32.2. The second kappa shape index (κ2) is 5.77. The van der Waals surface area contributed by atoms with Crippen LogP contribution in [0.5, 0.6) is 0 Å². The fraction of sp³-hybridized carbons (Fsp3) is 0.0714. The van der Waals surface area contributed by atoms with E-state index in [1.54, 1.807) is 43.4 Å². The van der Waals surface area contributed by atoms with Crippen LogP contribution in [0.1, 0.15) is 10.4 Å². The summed E-state index contributed by atoms with van der Waals surface area (Å²) in [7, 11) is 1.67. The van der Waals surface area contributed by atoms with Crippen LogP contribution in [-0.2, 0) is 11.1 Å². The molecule has 5 heteroatoms. The first-order valence-corrected chi connectivity index (χ1v) is 6.74. The number of anilines is 1. The summed E-state index contributed by atoms with van der Waals surface area (Å²) in [5.41, 5.74) is 1.27. The first-order valence-electron chi connectivity index (χ1n) is 5.63. The molecule has 2 aromatic rings. The average Bonchev–Trinajstić information content (AvgIpc) is 2.46. The highest BCUT2D eigenvalue weighted by Gasteiger charge is 2.13. The number of carbonyl (C=O) groups excluding carboxylic acids is 1. The molecule has 0 radical (unpaired) electrons. The molecule has 4 nitrogen and oxygen atoms in total. The molecule has 0 aromatic heterocycles. The fourth-order valence-corrected chi connectivity index (χ4v) is 2.05. The summed E-state index contributed by atoms with van der Waals surface area (Å²) in [5, 5.41) is 0. The van der Waals surface area contributed by atoms with Crippen molar-refractivity contribution in [3.63, 3.8) is 0 Å². The van der Waals surface area contributed by atoms with Crippen molar-refractivity contribution in [2.45, 2.75) is 4.90 Å². The second-order valence-corrected chi connectivity index (χ2v) is 4.94. The first kappa shape index (κ1) is 13.5. The second-order valence-electron chi connectivity index (χ2n) is 3.97. The zero-order valence-electron chi connectivity index (χ0n) is 10.3. The predicted molar refractivity (Wildman–Crippen MR) is 74.7 cm³/mol. The van der Waals surface area contributed by atoms with Gasteiger partial charge in [0.1, 0.15) is 0 Å². The lowest BCUT2D eigenvalue weighted by Gasteiger charge is -2.17. The zero-order chi connectivity index (χ0) is 13.8. The molecule has 0 heterocycles. The van der Waals surface area contributed by atoms with Gasteiger partial charge in [0.25, 0.3) is 5.91 Å². The molecule has 0 fully saturated rings. The van der Waals surface area contributed by atoms with E-state index < -0.39 is 11.1 Å². The largest absolute Gasteiger partial charge is 0.311 e. The highest BCUT2D eigenvalue weighted by molar-refractivity contribution is 7.79. The lowest BCUT2D eigenvalue weighted by molar-refractivity contribution is 0.0993. The minimum absolute atomic E-state index is 0.126. The number of hydrogen-bond acceptors (Lipinski definition) is 2. The van der Waals surface area contributed by atoms with Crippen molar-refractivity contribution in [3.05, 3.63) is 60.2 Å². The Kier molecular flexibility index (Phi) is 4.09. The maximum Gasteiger partial charge on any atom is 0.258 e. The van der Waals surface area contributed by atoms with Gasteiger partial charge in [-0.05, 0) is 36.4 Å². The molecule has 98 valence electrons. The molecule has 0 saturated heterocycles. The van der Waals surface area contributed by atoms with Gasteiger partial charge in [0, 0.05) is 18.3 Å². The van der Waals surface area contributed by atoms with Crippen molar-refractivity contribution >= 4 is 22.7 Å². The van der Waals surface area contributed by atoms with Crippen LogP contribution >= 0.6 is 0 Å². The minimum atomic E-state index is -2.00. The predicted octanol–water partition coefficient (Wildman–Crippen LogP) is 2.54. The van der Waals surface area contributed by atoms with Crippen LogP contribution in [0, 0.1) is 0 Å². The monoisotopic (exact) mass is 275 g/mol. The van der Waals surface area contributed by atoms with Gasteiger partial charge in [0.05, 0.1) is 4.90 Å². The van der Waals surface area contributed by atoms with Gasteiger partial charge in [0.2, 0.25) is 0 Å². The van der Waals surface area contributed by atoms with Crippen molar-refractivity contribution < 1.29 is 13.6 Å². The molecule has 19 heavy (non-hydrogen) atoms. The van der Waals surface area contributed by atoms with E-state index in [-0.39, 0.29) is 5.91 Å². The van der Waals surface area contributed by atoms with E-state index in [0.717, 1.165) is 0 Å². The summed E-state index contributed by atoms with van der Waals surface area (Å²) in [6.45, 7) is 0. The summed E-state index contributed by atoms with van der Waals surface area (Å²) < 4.78 is 19.8. The van der Waals surface area contributed by atoms with E-state index >= 15 is 0 Å². The van der Waals surface area contributed by atoms with Crippen molar-refractivity contribution in [1.29, 1.82) is 0 Å². The number of hydrogen-bond donors (Lipinski definition) is 1.